The number of fused-ring (bicyclic) bond motifs is 1. The van der Waals surface area contributed by atoms with Gasteiger partial charge in [0.05, 0.1) is 22.5 Å². The highest BCUT2D eigenvalue weighted by Crippen LogP contribution is 2.22. The fourth-order valence-electron chi connectivity index (χ4n) is 2.80. The van der Waals surface area contributed by atoms with Gasteiger partial charge in [0.15, 0.2) is 5.69 Å². The Balaban J connectivity index is 1.45. The average molecular weight is 418 g/mol. The molecule has 2 aromatic heterocycles. The number of carbonyl (C=O) groups excluding carboxylic acids is 2. The summed E-state index contributed by atoms with van der Waals surface area (Å²) in [4.78, 5) is 28.6. The van der Waals surface area contributed by atoms with Gasteiger partial charge in [-0.3, -0.25) is 4.79 Å². The Morgan fingerprint density at radius 1 is 1.17 bits per heavy atom. The van der Waals surface area contributed by atoms with E-state index in [1.807, 2.05) is 30.3 Å². The predicted molar refractivity (Wildman–Crippen MR) is 117 cm³/mol. The zero-order chi connectivity index (χ0) is 20.9. The highest BCUT2D eigenvalue weighted by atomic mass is 32.1. The topological polar surface area (TPSA) is 86.1 Å². The molecule has 0 unspecified atom stereocenters. The molecule has 0 bridgehead atoms. The zero-order valence-corrected chi connectivity index (χ0v) is 16.9. The molecule has 8 heteroatoms. The minimum Gasteiger partial charge on any atom is -0.461 e. The van der Waals surface area contributed by atoms with Crippen LogP contribution >= 0.6 is 11.3 Å². The Morgan fingerprint density at radius 3 is 2.87 bits per heavy atom. The van der Waals surface area contributed by atoms with Gasteiger partial charge in [0, 0.05) is 18.0 Å². The maximum Gasteiger partial charge on any atom is 0.358 e. The molecule has 2 aromatic carbocycles. The van der Waals surface area contributed by atoms with Gasteiger partial charge in [-0.2, -0.15) is 5.10 Å². The molecule has 150 valence electrons. The Kier molecular flexibility index (Phi) is 5.67. The summed E-state index contributed by atoms with van der Waals surface area (Å²) in [5.41, 5.74) is 2.46. The fraction of sp³-hybridized carbons (Fsp3) is 0.0909. The lowest BCUT2D eigenvalue weighted by Gasteiger charge is -2.06. The first-order valence-electron chi connectivity index (χ1n) is 9.30. The van der Waals surface area contributed by atoms with Gasteiger partial charge in [-0.25, -0.2) is 14.5 Å². The third-order valence-electron chi connectivity index (χ3n) is 4.14. The molecule has 0 saturated carbocycles. The van der Waals surface area contributed by atoms with E-state index < -0.39 is 5.97 Å². The van der Waals surface area contributed by atoms with Crippen LogP contribution in [-0.4, -0.2) is 33.2 Å². The predicted octanol–water partition coefficient (Wildman–Crippen LogP) is 4.31. The van der Waals surface area contributed by atoms with Gasteiger partial charge >= 0.3 is 5.97 Å². The number of thiazole rings is 1. The van der Waals surface area contributed by atoms with Crippen molar-refractivity contribution < 1.29 is 14.3 Å². The number of para-hydroxylation sites is 1. The van der Waals surface area contributed by atoms with Crippen LogP contribution in [0.2, 0.25) is 0 Å². The summed E-state index contributed by atoms with van der Waals surface area (Å²) >= 11 is 1.53. The normalized spacial score (nSPS) is 11.1. The smallest absolute Gasteiger partial charge is 0.358 e. The van der Waals surface area contributed by atoms with Gasteiger partial charge in [0.25, 0.3) is 0 Å². The first kappa shape index (κ1) is 19.5. The summed E-state index contributed by atoms with van der Waals surface area (Å²) in [5, 5.41) is 7.82. The Hall–Kier alpha value is -3.78. The van der Waals surface area contributed by atoms with Crippen molar-refractivity contribution in [2.24, 2.45) is 0 Å². The van der Waals surface area contributed by atoms with E-state index in [0.29, 0.717) is 11.4 Å². The number of amides is 1. The van der Waals surface area contributed by atoms with Crippen molar-refractivity contribution in [2.75, 3.05) is 11.9 Å². The number of hydrogen-bond donors (Lipinski definition) is 1. The highest BCUT2D eigenvalue weighted by molar-refractivity contribution is 7.19. The molecule has 7 nitrogen and oxygen atoms in total. The van der Waals surface area contributed by atoms with Crippen molar-refractivity contribution in [3.05, 3.63) is 77.6 Å². The maximum absolute atomic E-state index is 12.3. The lowest BCUT2D eigenvalue weighted by molar-refractivity contribution is -0.111. The molecule has 0 radical (unpaired) electrons. The summed E-state index contributed by atoms with van der Waals surface area (Å²) in [6.45, 7) is 2.03. The Morgan fingerprint density at radius 2 is 2.03 bits per heavy atom. The first-order valence-corrected chi connectivity index (χ1v) is 10.1. The number of carbonyl (C=O) groups is 2. The molecule has 2 heterocycles. The second-order valence-corrected chi connectivity index (χ2v) is 7.32. The first-order chi connectivity index (χ1) is 14.6. The number of hydrogen-bond acceptors (Lipinski definition) is 6. The molecule has 0 fully saturated rings. The third-order valence-corrected chi connectivity index (χ3v) is 5.14. The molecule has 0 aliphatic heterocycles. The number of rotatable bonds is 6. The summed E-state index contributed by atoms with van der Waals surface area (Å²) < 4.78 is 7.58. The molecule has 30 heavy (non-hydrogen) atoms. The lowest BCUT2D eigenvalue weighted by Crippen LogP contribution is -2.09. The summed E-state index contributed by atoms with van der Waals surface area (Å²) in [6, 6.07) is 16.6. The molecule has 4 aromatic rings. The van der Waals surface area contributed by atoms with Crippen LogP contribution in [0, 0.1) is 0 Å². The van der Waals surface area contributed by atoms with Crippen molar-refractivity contribution in [2.45, 2.75) is 6.92 Å². The van der Waals surface area contributed by atoms with Gasteiger partial charge in [0.1, 0.15) is 5.01 Å². The minimum absolute atomic E-state index is 0.227. The number of benzene rings is 2. The number of nitrogens with zero attached hydrogens (tertiary/aromatic N) is 3. The van der Waals surface area contributed by atoms with E-state index in [1.165, 1.54) is 17.4 Å². The van der Waals surface area contributed by atoms with E-state index in [9.17, 15) is 9.59 Å². The molecule has 1 amide bonds. The van der Waals surface area contributed by atoms with Crippen LogP contribution in [0.15, 0.2) is 66.9 Å². The second kappa shape index (κ2) is 8.71. The Labute approximate surface area is 176 Å². The molecule has 1 N–H and O–H groups in total. The van der Waals surface area contributed by atoms with Gasteiger partial charge < -0.3 is 10.1 Å². The summed E-state index contributed by atoms with van der Waals surface area (Å²) in [7, 11) is 0. The van der Waals surface area contributed by atoms with Crippen molar-refractivity contribution >= 4 is 45.2 Å². The van der Waals surface area contributed by atoms with E-state index >= 15 is 0 Å². The lowest BCUT2D eigenvalue weighted by atomic mass is 10.2. The van der Waals surface area contributed by atoms with Crippen LogP contribution in [-0.2, 0) is 9.53 Å². The summed E-state index contributed by atoms with van der Waals surface area (Å²) in [5.74, 6) is -0.736. The van der Waals surface area contributed by atoms with Crippen molar-refractivity contribution in [3.63, 3.8) is 0 Å². The van der Waals surface area contributed by atoms with Crippen LogP contribution in [0.5, 0.6) is 0 Å². The van der Waals surface area contributed by atoms with Gasteiger partial charge in [-0.05, 0) is 49.4 Å². The summed E-state index contributed by atoms with van der Waals surface area (Å²) in [6.07, 6.45) is 4.82. The van der Waals surface area contributed by atoms with Gasteiger partial charge in [0.2, 0.25) is 5.91 Å². The molecule has 0 saturated heterocycles. The van der Waals surface area contributed by atoms with E-state index in [2.05, 4.69) is 15.4 Å². The molecule has 0 aliphatic rings. The molecular weight excluding hydrogens is 400 g/mol. The van der Waals surface area contributed by atoms with Gasteiger partial charge in [-0.15, -0.1) is 11.3 Å². The number of ether oxygens (including phenoxy) is 1. The zero-order valence-electron chi connectivity index (χ0n) is 16.1. The van der Waals surface area contributed by atoms with E-state index in [4.69, 9.17) is 4.74 Å². The molecular formula is C22H18N4O3S. The van der Waals surface area contributed by atoms with E-state index in [0.717, 1.165) is 15.2 Å². The quantitative estimate of drug-likeness (QED) is 0.372. The van der Waals surface area contributed by atoms with E-state index in [-0.39, 0.29) is 18.2 Å². The van der Waals surface area contributed by atoms with Crippen LogP contribution in [0.3, 0.4) is 0 Å². The van der Waals surface area contributed by atoms with Crippen molar-refractivity contribution in [1.82, 2.24) is 14.8 Å². The number of anilines is 1. The number of nitrogens with one attached hydrogen (secondary N) is 1. The van der Waals surface area contributed by atoms with E-state index in [1.54, 1.807) is 48.1 Å². The van der Waals surface area contributed by atoms with Crippen LogP contribution in [0.25, 0.3) is 22.0 Å². The standard InChI is InChI=1S/C22H18N4O3S/c1-2-29-22(28)18-12-13-26(25-18)16-7-5-6-15(14-16)23-20(27)10-11-21-24-17-8-3-4-9-19(17)30-21/h3-14H,2H2,1H3,(H,23,27)/b11-10+. The van der Waals surface area contributed by atoms with Crippen LogP contribution in [0.4, 0.5) is 5.69 Å². The number of aromatic nitrogens is 3. The molecule has 0 spiro atoms. The fourth-order valence-corrected chi connectivity index (χ4v) is 3.67. The third kappa shape index (κ3) is 4.44. The molecule has 4 rings (SSSR count). The monoisotopic (exact) mass is 418 g/mol. The number of esters is 1. The van der Waals surface area contributed by atoms with Crippen LogP contribution < -0.4 is 5.32 Å². The molecule has 0 atom stereocenters. The second-order valence-electron chi connectivity index (χ2n) is 6.26. The maximum atomic E-state index is 12.3. The molecule has 0 aliphatic carbocycles. The largest absolute Gasteiger partial charge is 0.461 e. The van der Waals surface area contributed by atoms with Crippen molar-refractivity contribution in [3.8, 4) is 5.69 Å². The average Bonchev–Trinajstić information content (AvgIpc) is 3.40. The minimum atomic E-state index is -0.472. The van der Waals surface area contributed by atoms with Crippen molar-refractivity contribution in [1.29, 1.82) is 0 Å². The Bertz CT molecular complexity index is 1210. The highest BCUT2D eigenvalue weighted by Gasteiger charge is 2.11. The van der Waals surface area contributed by atoms with Crippen LogP contribution in [0.1, 0.15) is 22.4 Å². The van der Waals surface area contributed by atoms with Gasteiger partial charge in [-0.1, -0.05) is 18.2 Å². The SMILES string of the molecule is CCOC(=O)c1ccn(-c2cccc(NC(=O)/C=C/c3nc4ccccc4s3)c2)n1.